The smallest absolute Gasteiger partial charge is 0.154 e. The summed E-state index contributed by atoms with van der Waals surface area (Å²) in [6.45, 7) is 4.07. The average Bonchev–Trinajstić information content (AvgIpc) is 2.70. The largest absolute Gasteiger partial charge is 0.234 e. The topological polar surface area (TPSA) is 30.7 Å². The van der Waals surface area contributed by atoms with E-state index in [0.717, 1.165) is 26.9 Å². The van der Waals surface area contributed by atoms with Crippen molar-refractivity contribution in [2.24, 2.45) is 0 Å². The zero-order chi connectivity index (χ0) is 12.7. The van der Waals surface area contributed by atoms with Crippen LogP contribution in [0.4, 0.5) is 0 Å². The summed E-state index contributed by atoms with van der Waals surface area (Å²) in [7, 11) is 0. The van der Waals surface area contributed by atoms with Crippen molar-refractivity contribution in [3.8, 4) is 5.82 Å². The molecule has 0 fully saturated rings. The first-order valence-electron chi connectivity index (χ1n) is 5.72. The van der Waals surface area contributed by atoms with E-state index >= 15 is 0 Å². The van der Waals surface area contributed by atoms with Crippen LogP contribution in [0.25, 0.3) is 16.7 Å². The second kappa shape index (κ2) is 4.21. The summed E-state index contributed by atoms with van der Waals surface area (Å²) < 4.78 is 2.92. The Hall–Kier alpha value is -1.68. The van der Waals surface area contributed by atoms with Gasteiger partial charge < -0.3 is 0 Å². The van der Waals surface area contributed by atoms with Gasteiger partial charge in [0.15, 0.2) is 5.82 Å². The number of hydrogen-bond acceptors (Lipinski definition) is 2. The molecule has 0 unspecified atom stereocenters. The Morgan fingerprint density at radius 3 is 2.72 bits per heavy atom. The first kappa shape index (κ1) is 11.4. The Morgan fingerprint density at radius 2 is 1.94 bits per heavy atom. The highest BCUT2D eigenvalue weighted by molar-refractivity contribution is 9.10. The molecule has 0 radical (unpaired) electrons. The lowest BCUT2D eigenvalue weighted by atomic mass is 10.2. The van der Waals surface area contributed by atoms with Crippen molar-refractivity contribution < 1.29 is 0 Å². The summed E-state index contributed by atoms with van der Waals surface area (Å²) in [4.78, 5) is 4.54. The van der Waals surface area contributed by atoms with Gasteiger partial charge in [-0.25, -0.2) is 9.67 Å². The summed E-state index contributed by atoms with van der Waals surface area (Å²) in [5.41, 5.74) is 3.25. The maximum absolute atomic E-state index is 4.54. The fraction of sp³-hybridized carbons (Fsp3) is 0.143. The molecular weight excluding hydrogens is 290 g/mol. The molecule has 3 aromatic rings. The van der Waals surface area contributed by atoms with Crippen molar-refractivity contribution in [1.82, 2.24) is 14.8 Å². The number of fused-ring (bicyclic) bond motifs is 1. The van der Waals surface area contributed by atoms with E-state index in [2.05, 4.69) is 45.1 Å². The number of benzene rings is 1. The van der Waals surface area contributed by atoms with E-state index in [0.29, 0.717) is 0 Å². The second-order valence-corrected chi connectivity index (χ2v) is 5.32. The van der Waals surface area contributed by atoms with Crippen molar-refractivity contribution in [2.75, 3.05) is 0 Å². The van der Waals surface area contributed by atoms with Crippen LogP contribution in [0.15, 0.2) is 41.0 Å². The van der Waals surface area contributed by atoms with Crippen LogP contribution in [-0.4, -0.2) is 14.8 Å². The van der Waals surface area contributed by atoms with Gasteiger partial charge in [-0.3, -0.25) is 0 Å². The van der Waals surface area contributed by atoms with Gasteiger partial charge in [0.25, 0.3) is 0 Å². The van der Waals surface area contributed by atoms with Crippen molar-refractivity contribution in [1.29, 1.82) is 0 Å². The van der Waals surface area contributed by atoms with Gasteiger partial charge in [0.05, 0.1) is 11.7 Å². The fourth-order valence-corrected chi connectivity index (χ4v) is 2.45. The molecule has 0 saturated heterocycles. The molecule has 0 amide bonds. The first-order chi connectivity index (χ1) is 8.63. The molecule has 3 nitrogen and oxygen atoms in total. The number of halogens is 1. The van der Waals surface area contributed by atoms with Crippen molar-refractivity contribution in [3.63, 3.8) is 0 Å². The SMILES string of the molecule is Cc1cc(C)nc(-n2ncc3ccc(Br)cc32)c1. The Kier molecular flexibility index (Phi) is 2.67. The van der Waals surface area contributed by atoms with E-state index in [4.69, 9.17) is 0 Å². The lowest BCUT2D eigenvalue weighted by molar-refractivity contribution is 0.864. The van der Waals surface area contributed by atoms with Gasteiger partial charge in [-0.2, -0.15) is 5.10 Å². The van der Waals surface area contributed by atoms with Gasteiger partial charge in [0.2, 0.25) is 0 Å². The number of nitrogens with zero attached hydrogens (tertiary/aromatic N) is 3. The van der Waals surface area contributed by atoms with Crippen LogP contribution in [0.3, 0.4) is 0 Å². The normalized spacial score (nSPS) is 11.1. The molecule has 2 heterocycles. The minimum Gasteiger partial charge on any atom is -0.234 e. The molecule has 0 aliphatic heterocycles. The van der Waals surface area contributed by atoms with Crippen LogP contribution in [0, 0.1) is 13.8 Å². The van der Waals surface area contributed by atoms with E-state index in [1.165, 1.54) is 5.56 Å². The van der Waals surface area contributed by atoms with Crippen LogP contribution in [0.1, 0.15) is 11.3 Å². The molecule has 0 spiro atoms. The molecule has 3 rings (SSSR count). The van der Waals surface area contributed by atoms with Gasteiger partial charge in [-0.05, 0) is 43.7 Å². The van der Waals surface area contributed by atoms with Crippen LogP contribution in [-0.2, 0) is 0 Å². The standard InChI is InChI=1S/C14H12BrN3/c1-9-5-10(2)17-14(6-9)18-13-7-12(15)4-3-11(13)8-16-18/h3-8H,1-2H3. The van der Waals surface area contributed by atoms with Gasteiger partial charge in [0, 0.05) is 15.6 Å². The minimum atomic E-state index is 0.862. The molecule has 0 aliphatic rings. The van der Waals surface area contributed by atoms with E-state index in [1.54, 1.807) is 0 Å². The summed E-state index contributed by atoms with van der Waals surface area (Å²) in [5, 5.41) is 5.53. The highest BCUT2D eigenvalue weighted by Gasteiger charge is 2.07. The third-order valence-electron chi connectivity index (χ3n) is 2.83. The highest BCUT2D eigenvalue weighted by Crippen LogP contribution is 2.22. The quantitative estimate of drug-likeness (QED) is 0.684. The third-order valence-corrected chi connectivity index (χ3v) is 3.33. The molecule has 4 heteroatoms. The van der Waals surface area contributed by atoms with E-state index in [1.807, 2.05) is 36.0 Å². The van der Waals surface area contributed by atoms with Crippen LogP contribution in [0.5, 0.6) is 0 Å². The molecule has 0 atom stereocenters. The Bertz CT molecular complexity index is 711. The monoisotopic (exact) mass is 301 g/mol. The molecule has 0 aliphatic carbocycles. The number of hydrogen-bond donors (Lipinski definition) is 0. The fourth-order valence-electron chi connectivity index (χ4n) is 2.10. The lowest BCUT2D eigenvalue weighted by Gasteiger charge is -2.05. The lowest BCUT2D eigenvalue weighted by Crippen LogP contribution is -2.01. The summed E-state index contributed by atoms with van der Waals surface area (Å²) >= 11 is 3.49. The van der Waals surface area contributed by atoms with Crippen LogP contribution < -0.4 is 0 Å². The van der Waals surface area contributed by atoms with Gasteiger partial charge in [-0.15, -0.1) is 0 Å². The highest BCUT2D eigenvalue weighted by atomic mass is 79.9. The summed E-state index contributed by atoms with van der Waals surface area (Å²) in [6.07, 6.45) is 1.86. The Balaban J connectivity index is 2.27. The summed E-state index contributed by atoms with van der Waals surface area (Å²) in [6, 6.07) is 10.2. The maximum Gasteiger partial charge on any atom is 0.154 e. The van der Waals surface area contributed by atoms with Crippen molar-refractivity contribution >= 4 is 26.8 Å². The van der Waals surface area contributed by atoms with Gasteiger partial charge in [0.1, 0.15) is 0 Å². The van der Waals surface area contributed by atoms with Crippen LogP contribution >= 0.6 is 15.9 Å². The first-order valence-corrected chi connectivity index (χ1v) is 6.52. The minimum absolute atomic E-state index is 0.862. The predicted octanol–water partition coefficient (Wildman–Crippen LogP) is 3.80. The zero-order valence-corrected chi connectivity index (χ0v) is 11.8. The number of aromatic nitrogens is 3. The molecule has 0 saturated carbocycles. The zero-order valence-electron chi connectivity index (χ0n) is 10.2. The molecule has 0 bridgehead atoms. The third kappa shape index (κ3) is 1.93. The van der Waals surface area contributed by atoms with Crippen LogP contribution in [0.2, 0.25) is 0 Å². The van der Waals surface area contributed by atoms with E-state index < -0.39 is 0 Å². The van der Waals surface area contributed by atoms with Gasteiger partial charge in [-0.1, -0.05) is 22.0 Å². The number of aryl methyl sites for hydroxylation is 2. The molecule has 1 aromatic carbocycles. The van der Waals surface area contributed by atoms with Gasteiger partial charge >= 0.3 is 0 Å². The summed E-state index contributed by atoms with van der Waals surface area (Å²) in [5.74, 6) is 0.862. The van der Waals surface area contributed by atoms with E-state index in [9.17, 15) is 0 Å². The maximum atomic E-state index is 4.54. The Morgan fingerprint density at radius 1 is 1.11 bits per heavy atom. The predicted molar refractivity (Wildman–Crippen MR) is 76.0 cm³/mol. The molecule has 2 aromatic heterocycles. The van der Waals surface area contributed by atoms with Crippen molar-refractivity contribution in [3.05, 3.63) is 52.3 Å². The second-order valence-electron chi connectivity index (χ2n) is 4.40. The molecule has 90 valence electrons. The molecule has 18 heavy (non-hydrogen) atoms. The molecule has 0 N–H and O–H groups in total. The molecular formula is C14H12BrN3. The average molecular weight is 302 g/mol. The number of rotatable bonds is 1. The Labute approximate surface area is 114 Å². The number of pyridine rings is 1. The van der Waals surface area contributed by atoms with Crippen molar-refractivity contribution in [2.45, 2.75) is 13.8 Å². The van der Waals surface area contributed by atoms with E-state index in [-0.39, 0.29) is 0 Å².